The number of aromatic nitrogens is 2. The number of carbonyl (C=O) groups is 1. The SMILES string of the molecule is COc1ccc(-c2nc(CCNC(=O)c3sc(C)nc3C)co2)cc1. The molecular formula is C18H19N3O3S. The quantitative estimate of drug-likeness (QED) is 0.732. The Balaban J connectivity index is 1.56. The zero-order chi connectivity index (χ0) is 17.8. The Morgan fingerprint density at radius 1 is 1.24 bits per heavy atom. The Morgan fingerprint density at radius 3 is 2.64 bits per heavy atom. The Hall–Kier alpha value is -2.67. The third-order valence-corrected chi connectivity index (χ3v) is 4.74. The summed E-state index contributed by atoms with van der Waals surface area (Å²) in [7, 11) is 1.63. The van der Waals surface area contributed by atoms with Crippen molar-refractivity contribution in [3.05, 3.63) is 51.8 Å². The van der Waals surface area contributed by atoms with Crippen LogP contribution in [0.25, 0.3) is 11.5 Å². The highest BCUT2D eigenvalue weighted by Crippen LogP contribution is 2.22. The second-order valence-electron chi connectivity index (χ2n) is 5.53. The lowest BCUT2D eigenvalue weighted by atomic mass is 10.2. The zero-order valence-corrected chi connectivity index (χ0v) is 15.1. The van der Waals surface area contributed by atoms with Gasteiger partial charge in [-0.25, -0.2) is 9.97 Å². The van der Waals surface area contributed by atoms with Crippen LogP contribution < -0.4 is 10.1 Å². The fourth-order valence-electron chi connectivity index (χ4n) is 2.41. The molecule has 6 nitrogen and oxygen atoms in total. The van der Waals surface area contributed by atoms with E-state index in [-0.39, 0.29) is 5.91 Å². The van der Waals surface area contributed by atoms with E-state index < -0.39 is 0 Å². The van der Waals surface area contributed by atoms with Crippen molar-refractivity contribution in [1.29, 1.82) is 0 Å². The monoisotopic (exact) mass is 357 g/mol. The van der Waals surface area contributed by atoms with Crippen molar-refractivity contribution >= 4 is 17.2 Å². The smallest absolute Gasteiger partial charge is 0.263 e. The van der Waals surface area contributed by atoms with Crippen LogP contribution >= 0.6 is 11.3 Å². The molecule has 0 saturated heterocycles. The number of hydrogen-bond acceptors (Lipinski definition) is 6. The van der Waals surface area contributed by atoms with E-state index in [1.54, 1.807) is 13.4 Å². The van der Waals surface area contributed by atoms with E-state index in [0.29, 0.717) is 23.7 Å². The number of nitrogens with zero attached hydrogens (tertiary/aromatic N) is 2. The van der Waals surface area contributed by atoms with Crippen LogP contribution in [-0.2, 0) is 6.42 Å². The van der Waals surface area contributed by atoms with Crippen molar-refractivity contribution < 1.29 is 13.9 Å². The molecule has 3 aromatic rings. The Kier molecular flexibility index (Phi) is 5.14. The van der Waals surface area contributed by atoms with Gasteiger partial charge in [-0.2, -0.15) is 0 Å². The molecule has 1 N–H and O–H groups in total. The number of hydrogen-bond donors (Lipinski definition) is 1. The van der Waals surface area contributed by atoms with Gasteiger partial charge < -0.3 is 14.5 Å². The first-order valence-electron chi connectivity index (χ1n) is 7.88. The average molecular weight is 357 g/mol. The summed E-state index contributed by atoms with van der Waals surface area (Å²) in [6.07, 6.45) is 2.22. The topological polar surface area (TPSA) is 77.2 Å². The van der Waals surface area contributed by atoms with Crippen LogP contribution in [0.2, 0.25) is 0 Å². The van der Waals surface area contributed by atoms with E-state index in [0.717, 1.165) is 27.7 Å². The molecule has 2 aromatic heterocycles. The number of thiazole rings is 1. The first kappa shape index (κ1) is 17.2. The number of methoxy groups -OCH3 is 1. The van der Waals surface area contributed by atoms with Gasteiger partial charge in [-0.15, -0.1) is 11.3 Å². The lowest BCUT2D eigenvalue weighted by molar-refractivity contribution is 0.0957. The van der Waals surface area contributed by atoms with Crippen LogP contribution in [0.4, 0.5) is 0 Å². The molecule has 1 aromatic carbocycles. The fraction of sp³-hybridized carbons (Fsp3) is 0.278. The molecule has 2 heterocycles. The molecule has 7 heteroatoms. The number of rotatable bonds is 6. The minimum Gasteiger partial charge on any atom is -0.497 e. The third kappa shape index (κ3) is 4.06. The molecule has 1 amide bonds. The zero-order valence-electron chi connectivity index (χ0n) is 14.3. The molecule has 0 bridgehead atoms. The molecule has 0 aliphatic heterocycles. The maximum atomic E-state index is 12.2. The van der Waals surface area contributed by atoms with E-state index in [1.807, 2.05) is 38.1 Å². The molecule has 0 radical (unpaired) electrons. The van der Waals surface area contributed by atoms with Crippen molar-refractivity contribution in [3.8, 4) is 17.2 Å². The van der Waals surface area contributed by atoms with Gasteiger partial charge in [0, 0.05) is 18.5 Å². The first-order valence-corrected chi connectivity index (χ1v) is 8.69. The average Bonchev–Trinajstić information content (AvgIpc) is 3.21. The van der Waals surface area contributed by atoms with Crippen molar-refractivity contribution in [1.82, 2.24) is 15.3 Å². The second kappa shape index (κ2) is 7.48. The molecule has 0 saturated carbocycles. The highest BCUT2D eigenvalue weighted by Gasteiger charge is 2.13. The summed E-state index contributed by atoms with van der Waals surface area (Å²) in [5, 5.41) is 3.79. The maximum absolute atomic E-state index is 12.2. The van der Waals surface area contributed by atoms with Gasteiger partial charge in [0.05, 0.1) is 23.5 Å². The largest absolute Gasteiger partial charge is 0.497 e. The van der Waals surface area contributed by atoms with Gasteiger partial charge in [-0.05, 0) is 38.1 Å². The number of carbonyl (C=O) groups excluding carboxylic acids is 1. The molecule has 0 spiro atoms. The van der Waals surface area contributed by atoms with Crippen molar-refractivity contribution in [2.24, 2.45) is 0 Å². The van der Waals surface area contributed by atoms with Gasteiger partial charge in [-0.1, -0.05) is 0 Å². The predicted octanol–water partition coefficient (Wildman–Crippen LogP) is 3.40. The van der Waals surface area contributed by atoms with Crippen molar-refractivity contribution in [3.63, 3.8) is 0 Å². The van der Waals surface area contributed by atoms with Crippen LogP contribution in [0.3, 0.4) is 0 Å². The highest BCUT2D eigenvalue weighted by molar-refractivity contribution is 7.13. The van der Waals surface area contributed by atoms with Gasteiger partial charge >= 0.3 is 0 Å². The number of ether oxygens (including phenoxy) is 1. The van der Waals surface area contributed by atoms with E-state index in [4.69, 9.17) is 9.15 Å². The van der Waals surface area contributed by atoms with Crippen LogP contribution in [0.1, 0.15) is 26.1 Å². The summed E-state index contributed by atoms with van der Waals surface area (Å²) in [4.78, 5) is 21.6. The number of aryl methyl sites for hydroxylation is 2. The Bertz CT molecular complexity index is 868. The summed E-state index contributed by atoms with van der Waals surface area (Å²) >= 11 is 1.41. The molecule has 3 rings (SSSR count). The molecular weight excluding hydrogens is 338 g/mol. The number of nitrogens with one attached hydrogen (secondary N) is 1. The fourth-order valence-corrected chi connectivity index (χ4v) is 3.25. The van der Waals surface area contributed by atoms with E-state index in [1.165, 1.54) is 11.3 Å². The van der Waals surface area contributed by atoms with Crippen molar-refractivity contribution in [2.45, 2.75) is 20.3 Å². The van der Waals surface area contributed by atoms with Crippen molar-refractivity contribution in [2.75, 3.05) is 13.7 Å². The molecule has 0 unspecified atom stereocenters. The molecule has 0 fully saturated rings. The summed E-state index contributed by atoms with van der Waals surface area (Å²) in [5.41, 5.74) is 2.44. The lowest BCUT2D eigenvalue weighted by Crippen LogP contribution is -2.25. The maximum Gasteiger partial charge on any atom is 0.263 e. The van der Waals surface area contributed by atoms with Gasteiger partial charge in [0.25, 0.3) is 5.91 Å². The molecule has 0 aliphatic carbocycles. The van der Waals surface area contributed by atoms with Crippen LogP contribution in [0.5, 0.6) is 5.75 Å². The van der Waals surface area contributed by atoms with Crippen LogP contribution in [-0.4, -0.2) is 29.5 Å². The molecule has 0 atom stereocenters. The van der Waals surface area contributed by atoms with Crippen LogP contribution in [0.15, 0.2) is 34.9 Å². The summed E-state index contributed by atoms with van der Waals surface area (Å²) < 4.78 is 10.7. The van der Waals surface area contributed by atoms with E-state index in [9.17, 15) is 4.79 Å². The van der Waals surface area contributed by atoms with Gasteiger partial charge in [-0.3, -0.25) is 4.79 Å². The van der Waals surface area contributed by atoms with Gasteiger partial charge in [0.2, 0.25) is 5.89 Å². The minimum absolute atomic E-state index is 0.0954. The highest BCUT2D eigenvalue weighted by atomic mass is 32.1. The molecule has 25 heavy (non-hydrogen) atoms. The molecule has 130 valence electrons. The van der Waals surface area contributed by atoms with Crippen LogP contribution in [0, 0.1) is 13.8 Å². The van der Waals surface area contributed by atoms with Gasteiger partial charge in [0.15, 0.2) is 0 Å². The summed E-state index contributed by atoms with van der Waals surface area (Å²) in [6, 6.07) is 7.51. The first-order chi connectivity index (χ1) is 12.1. The number of oxazole rings is 1. The standard InChI is InChI=1S/C18H19N3O3S/c1-11-16(25-12(2)20-11)17(22)19-9-8-14-10-24-18(21-14)13-4-6-15(23-3)7-5-13/h4-7,10H,8-9H2,1-3H3,(H,19,22). The Labute approximate surface area is 149 Å². The third-order valence-electron chi connectivity index (χ3n) is 3.67. The number of amides is 1. The predicted molar refractivity (Wildman–Crippen MR) is 96.1 cm³/mol. The van der Waals surface area contributed by atoms with Gasteiger partial charge in [0.1, 0.15) is 16.9 Å². The number of benzene rings is 1. The second-order valence-corrected chi connectivity index (χ2v) is 6.73. The normalized spacial score (nSPS) is 10.7. The lowest BCUT2D eigenvalue weighted by Gasteiger charge is -2.02. The summed E-state index contributed by atoms with van der Waals surface area (Å²) in [6.45, 7) is 4.23. The molecule has 0 aliphatic rings. The Morgan fingerprint density at radius 2 is 2.00 bits per heavy atom. The van der Waals surface area contributed by atoms with E-state index >= 15 is 0 Å². The summed E-state index contributed by atoms with van der Waals surface area (Å²) in [5.74, 6) is 1.24. The van der Waals surface area contributed by atoms with E-state index in [2.05, 4.69) is 15.3 Å². The minimum atomic E-state index is -0.0954.